The Kier molecular flexibility index (Phi) is 4.67. The van der Waals surface area contributed by atoms with Gasteiger partial charge in [-0.3, -0.25) is 4.79 Å². The number of nitrogens with zero attached hydrogens (tertiary/aromatic N) is 3. The summed E-state index contributed by atoms with van der Waals surface area (Å²) in [7, 11) is -1.83. The number of sulfonamides is 1. The van der Waals surface area contributed by atoms with Gasteiger partial charge in [-0.25, -0.2) is 8.42 Å². The quantitative estimate of drug-likeness (QED) is 0.831. The van der Waals surface area contributed by atoms with Crippen molar-refractivity contribution in [3.05, 3.63) is 53.3 Å². The van der Waals surface area contributed by atoms with Gasteiger partial charge in [-0.15, -0.1) is 0 Å². The summed E-state index contributed by atoms with van der Waals surface area (Å²) in [5, 5.41) is 0.208. The molecule has 0 saturated carbocycles. The van der Waals surface area contributed by atoms with E-state index >= 15 is 0 Å². The van der Waals surface area contributed by atoms with Crippen molar-refractivity contribution >= 4 is 27.5 Å². The van der Waals surface area contributed by atoms with Gasteiger partial charge in [0.15, 0.2) is 0 Å². The van der Waals surface area contributed by atoms with Crippen LogP contribution < -0.4 is 0 Å². The Balaban J connectivity index is 1.72. The molecule has 1 fully saturated rings. The third-order valence-electron chi connectivity index (χ3n) is 4.14. The first-order valence-electron chi connectivity index (χ1n) is 7.56. The SMILES string of the molecule is Cn1cccc1C(=O)N1CCN(S(=O)(=O)c2ccccc2Cl)CC1. The number of carbonyl (C=O) groups is 1. The van der Waals surface area contributed by atoms with Crippen molar-refractivity contribution in [3.63, 3.8) is 0 Å². The van der Waals surface area contributed by atoms with Gasteiger partial charge in [0.1, 0.15) is 10.6 Å². The van der Waals surface area contributed by atoms with Gasteiger partial charge in [-0.05, 0) is 24.3 Å². The molecule has 1 aromatic heterocycles. The highest BCUT2D eigenvalue weighted by Crippen LogP contribution is 2.25. The van der Waals surface area contributed by atoms with Crippen LogP contribution in [0, 0.1) is 0 Å². The average Bonchev–Trinajstić information content (AvgIpc) is 3.00. The maximum Gasteiger partial charge on any atom is 0.270 e. The first-order valence-corrected chi connectivity index (χ1v) is 9.38. The highest BCUT2D eigenvalue weighted by Gasteiger charge is 2.31. The van der Waals surface area contributed by atoms with Gasteiger partial charge >= 0.3 is 0 Å². The molecular formula is C16H18ClN3O3S. The van der Waals surface area contributed by atoms with E-state index in [1.165, 1.54) is 10.4 Å². The van der Waals surface area contributed by atoms with Crippen LogP contribution in [0.25, 0.3) is 0 Å². The Morgan fingerprint density at radius 3 is 2.29 bits per heavy atom. The van der Waals surface area contributed by atoms with Gasteiger partial charge in [0.25, 0.3) is 5.91 Å². The minimum Gasteiger partial charge on any atom is -0.347 e. The maximum atomic E-state index is 12.7. The molecule has 1 aliphatic heterocycles. The van der Waals surface area contributed by atoms with Gasteiger partial charge in [-0.1, -0.05) is 23.7 Å². The Hall–Kier alpha value is -1.83. The van der Waals surface area contributed by atoms with Crippen LogP contribution in [-0.4, -0.2) is 54.3 Å². The second kappa shape index (κ2) is 6.58. The van der Waals surface area contributed by atoms with Crippen LogP contribution in [0.2, 0.25) is 5.02 Å². The second-order valence-electron chi connectivity index (χ2n) is 5.63. The molecule has 0 atom stereocenters. The number of hydrogen-bond donors (Lipinski definition) is 0. The van der Waals surface area contributed by atoms with Crippen LogP contribution in [0.3, 0.4) is 0 Å². The van der Waals surface area contributed by atoms with Crippen molar-refractivity contribution in [1.29, 1.82) is 0 Å². The number of hydrogen-bond acceptors (Lipinski definition) is 3. The van der Waals surface area contributed by atoms with Gasteiger partial charge in [0, 0.05) is 39.4 Å². The smallest absolute Gasteiger partial charge is 0.270 e. The lowest BCUT2D eigenvalue weighted by Gasteiger charge is -2.34. The molecule has 24 heavy (non-hydrogen) atoms. The van der Waals surface area contributed by atoms with E-state index in [4.69, 9.17) is 11.6 Å². The van der Waals surface area contributed by atoms with Crippen molar-refractivity contribution < 1.29 is 13.2 Å². The van der Waals surface area contributed by atoms with Crippen molar-refractivity contribution in [2.24, 2.45) is 7.05 Å². The molecular weight excluding hydrogens is 350 g/mol. The number of amides is 1. The number of aryl methyl sites for hydroxylation is 1. The standard InChI is InChI=1S/C16H18ClN3O3S/c1-18-8-4-6-14(18)16(21)19-9-11-20(12-10-19)24(22,23)15-7-3-2-5-13(15)17/h2-8H,9-12H2,1H3. The summed E-state index contributed by atoms with van der Waals surface area (Å²) in [5.41, 5.74) is 0.595. The van der Waals surface area contributed by atoms with E-state index < -0.39 is 10.0 Å². The summed E-state index contributed by atoms with van der Waals surface area (Å²) in [5.74, 6) is -0.0858. The largest absolute Gasteiger partial charge is 0.347 e. The minimum absolute atomic E-state index is 0.0858. The summed E-state index contributed by atoms with van der Waals surface area (Å²) in [6, 6.07) is 9.97. The zero-order valence-corrected chi connectivity index (χ0v) is 14.8. The van der Waals surface area contributed by atoms with Crippen LogP contribution in [0.4, 0.5) is 0 Å². The Bertz CT molecular complexity index is 855. The molecule has 1 aromatic carbocycles. The van der Waals surface area contributed by atoms with Crippen LogP contribution in [0.1, 0.15) is 10.5 Å². The van der Waals surface area contributed by atoms with Gasteiger partial charge in [0.05, 0.1) is 5.02 Å². The number of rotatable bonds is 3. The summed E-state index contributed by atoms with van der Waals surface area (Å²) in [6.07, 6.45) is 1.81. The fourth-order valence-electron chi connectivity index (χ4n) is 2.77. The Labute approximate surface area is 146 Å². The molecule has 1 aliphatic rings. The Morgan fingerprint density at radius 1 is 1.04 bits per heavy atom. The van der Waals surface area contributed by atoms with E-state index in [1.807, 2.05) is 19.3 Å². The second-order valence-corrected chi connectivity index (χ2v) is 7.94. The normalized spacial score (nSPS) is 16.3. The number of carbonyl (C=O) groups excluding carboxylic acids is 1. The summed E-state index contributed by atoms with van der Waals surface area (Å²) >= 11 is 6.02. The maximum absolute atomic E-state index is 12.7. The lowest BCUT2D eigenvalue weighted by molar-refractivity contribution is 0.0688. The molecule has 0 aliphatic carbocycles. The van der Waals surface area contributed by atoms with E-state index in [9.17, 15) is 13.2 Å². The van der Waals surface area contributed by atoms with Crippen LogP contribution in [0.5, 0.6) is 0 Å². The molecule has 128 valence electrons. The molecule has 0 N–H and O–H groups in total. The zero-order chi connectivity index (χ0) is 17.3. The summed E-state index contributed by atoms with van der Waals surface area (Å²) < 4.78 is 28.5. The van der Waals surface area contributed by atoms with Crippen LogP contribution in [0.15, 0.2) is 47.5 Å². The van der Waals surface area contributed by atoms with Gasteiger partial charge < -0.3 is 9.47 Å². The molecule has 0 bridgehead atoms. The molecule has 1 amide bonds. The third kappa shape index (κ3) is 3.07. The first kappa shape index (κ1) is 17.0. The molecule has 0 unspecified atom stereocenters. The summed E-state index contributed by atoms with van der Waals surface area (Å²) in [4.78, 5) is 14.3. The number of benzene rings is 1. The Morgan fingerprint density at radius 2 is 1.71 bits per heavy atom. The fraction of sp³-hybridized carbons (Fsp3) is 0.312. The van der Waals surface area contributed by atoms with E-state index in [0.717, 1.165) is 0 Å². The van der Waals surface area contributed by atoms with E-state index in [0.29, 0.717) is 18.8 Å². The van der Waals surface area contributed by atoms with Crippen LogP contribution in [-0.2, 0) is 17.1 Å². The highest BCUT2D eigenvalue weighted by molar-refractivity contribution is 7.89. The molecule has 8 heteroatoms. The molecule has 3 rings (SSSR count). The molecule has 6 nitrogen and oxygen atoms in total. The highest BCUT2D eigenvalue weighted by atomic mass is 35.5. The predicted molar refractivity (Wildman–Crippen MR) is 91.5 cm³/mol. The molecule has 2 heterocycles. The number of aromatic nitrogens is 1. The van der Waals surface area contributed by atoms with Crippen LogP contribution >= 0.6 is 11.6 Å². The van der Waals surface area contributed by atoms with E-state index in [1.54, 1.807) is 33.7 Å². The topological polar surface area (TPSA) is 62.6 Å². The molecule has 0 spiro atoms. The molecule has 1 saturated heterocycles. The average molecular weight is 368 g/mol. The van der Waals surface area contributed by atoms with E-state index in [-0.39, 0.29) is 28.9 Å². The fourth-order valence-corrected chi connectivity index (χ4v) is 4.69. The van der Waals surface area contributed by atoms with Crippen molar-refractivity contribution in [3.8, 4) is 0 Å². The summed E-state index contributed by atoms with van der Waals surface area (Å²) in [6.45, 7) is 1.22. The minimum atomic E-state index is -3.65. The third-order valence-corrected chi connectivity index (χ3v) is 6.54. The number of halogens is 1. The lowest BCUT2D eigenvalue weighted by atomic mass is 10.3. The van der Waals surface area contributed by atoms with E-state index in [2.05, 4.69) is 0 Å². The lowest BCUT2D eigenvalue weighted by Crippen LogP contribution is -2.50. The molecule has 0 radical (unpaired) electrons. The zero-order valence-electron chi connectivity index (χ0n) is 13.2. The van der Waals surface area contributed by atoms with Crippen molar-refractivity contribution in [2.45, 2.75) is 4.90 Å². The first-order chi connectivity index (χ1) is 11.4. The predicted octanol–water partition coefficient (Wildman–Crippen LogP) is 1.83. The van der Waals surface area contributed by atoms with Gasteiger partial charge in [-0.2, -0.15) is 4.31 Å². The monoisotopic (exact) mass is 367 g/mol. The number of piperazine rings is 1. The van der Waals surface area contributed by atoms with Gasteiger partial charge in [0.2, 0.25) is 10.0 Å². The van der Waals surface area contributed by atoms with Crippen molar-refractivity contribution in [2.75, 3.05) is 26.2 Å². The molecule has 2 aromatic rings. The van der Waals surface area contributed by atoms with Crippen molar-refractivity contribution in [1.82, 2.24) is 13.8 Å².